The Kier molecular flexibility index (Phi) is 3.57. The molecule has 2 unspecified atom stereocenters. The summed E-state index contributed by atoms with van der Waals surface area (Å²) in [4.78, 5) is 17.1. The molecule has 18 heavy (non-hydrogen) atoms. The van der Waals surface area contributed by atoms with Gasteiger partial charge in [-0.05, 0) is 52.1 Å². The van der Waals surface area contributed by atoms with E-state index in [1.54, 1.807) is 0 Å². The van der Waals surface area contributed by atoms with Gasteiger partial charge in [0.1, 0.15) is 0 Å². The van der Waals surface area contributed by atoms with Crippen LogP contribution in [0.15, 0.2) is 0 Å². The molecule has 102 valence electrons. The number of rotatable bonds is 3. The van der Waals surface area contributed by atoms with Crippen molar-refractivity contribution < 1.29 is 4.79 Å². The van der Waals surface area contributed by atoms with Crippen LogP contribution in [0.1, 0.15) is 38.5 Å². The Morgan fingerprint density at radius 2 is 1.89 bits per heavy atom. The van der Waals surface area contributed by atoms with E-state index < -0.39 is 0 Å². The molecule has 1 aliphatic carbocycles. The monoisotopic (exact) mass is 251 g/mol. The quantitative estimate of drug-likeness (QED) is 0.807. The van der Waals surface area contributed by atoms with Crippen molar-refractivity contribution >= 4 is 5.91 Å². The standard InChI is InChI=1S/C14H25N3O/c1-16-8-2-4-12(10-16)17-9-3-5-13(14(17)18)15-11-6-7-11/h11-13,15H,2-10H2,1H3. The molecule has 4 nitrogen and oxygen atoms in total. The summed E-state index contributed by atoms with van der Waals surface area (Å²) < 4.78 is 0. The van der Waals surface area contributed by atoms with Gasteiger partial charge in [-0.15, -0.1) is 0 Å². The van der Waals surface area contributed by atoms with E-state index in [9.17, 15) is 4.79 Å². The Bertz CT molecular complexity index is 316. The Morgan fingerprint density at radius 1 is 1.11 bits per heavy atom. The van der Waals surface area contributed by atoms with E-state index in [-0.39, 0.29) is 6.04 Å². The Morgan fingerprint density at radius 3 is 2.61 bits per heavy atom. The largest absolute Gasteiger partial charge is 0.337 e. The molecule has 0 aromatic rings. The second-order valence-corrected chi connectivity index (χ2v) is 6.23. The van der Waals surface area contributed by atoms with E-state index in [1.165, 1.54) is 32.2 Å². The summed E-state index contributed by atoms with van der Waals surface area (Å²) in [6.07, 6.45) is 7.13. The van der Waals surface area contributed by atoms with Crippen molar-refractivity contribution in [3.63, 3.8) is 0 Å². The lowest BCUT2D eigenvalue weighted by atomic mass is 9.98. The highest BCUT2D eigenvalue weighted by atomic mass is 16.2. The fraction of sp³-hybridized carbons (Fsp3) is 0.929. The van der Waals surface area contributed by atoms with Crippen LogP contribution in [0.4, 0.5) is 0 Å². The maximum atomic E-state index is 12.5. The van der Waals surface area contributed by atoms with Crippen molar-refractivity contribution in [3.05, 3.63) is 0 Å². The Hall–Kier alpha value is -0.610. The normalized spacial score (nSPS) is 34.9. The molecule has 4 heteroatoms. The number of nitrogens with one attached hydrogen (secondary N) is 1. The first-order valence-corrected chi connectivity index (χ1v) is 7.49. The van der Waals surface area contributed by atoms with Gasteiger partial charge in [0.15, 0.2) is 0 Å². The molecular weight excluding hydrogens is 226 g/mol. The first-order valence-electron chi connectivity index (χ1n) is 7.49. The van der Waals surface area contributed by atoms with Gasteiger partial charge in [0.25, 0.3) is 0 Å². The predicted molar refractivity (Wildman–Crippen MR) is 71.4 cm³/mol. The molecule has 1 saturated carbocycles. The SMILES string of the molecule is CN1CCCC(N2CCCC(NC3CC3)C2=O)C1. The van der Waals surface area contributed by atoms with E-state index in [0.717, 1.165) is 25.9 Å². The maximum Gasteiger partial charge on any atom is 0.240 e. The molecule has 0 spiro atoms. The van der Waals surface area contributed by atoms with Gasteiger partial charge in [0.2, 0.25) is 5.91 Å². The fourth-order valence-corrected chi connectivity index (χ4v) is 3.34. The van der Waals surface area contributed by atoms with Gasteiger partial charge in [0, 0.05) is 25.2 Å². The van der Waals surface area contributed by atoms with Crippen LogP contribution in [-0.4, -0.2) is 60.5 Å². The van der Waals surface area contributed by atoms with Gasteiger partial charge < -0.3 is 15.1 Å². The molecule has 0 bridgehead atoms. The van der Waals surface area contributed by atoms with Crippen LogP contribution in [-0.2, 0) is 4.79 Å². The molecule has 1 amide bonds. The van der Waals surface area contributed by atoms with Gasteiger partial charge in [-0.3, -0.25) is 4.79 Å². The average Bonchev–Trinajstić information content (AvgIpc) is 3.16. The van der Waals surface area contributed by atoms with Crippen molar-refractivity contribution in [3.8, 4) is 0 Å². The zero-order valence-electron chi connectivity index (χ0n) is 11.4. The summed E-state index contributed by atoms with van der Waals surface area (Å²) in [7, 11) is 2.17. The minimum absolute atomic E-state index is 0.110. The van der Waals surface area contributed by atoms with Crippen LogP contribution in [0, 0.1) is 0 Å². The molecule has 3 aliphatic rings. The maximum absolute atomic E-state index is 12.5. The number of likely N-dealkylation sites (tertiary alicyclic amines) is 2. The highest BCUT2D eigenvalue weighted by molar-refractivity contribution is 5.83. The summed E-state index contributed by atoms with van der Waals surface area (Å²) in [5, 5.41) is 3.52. The van der Waals surface area contributed by atoms with Crippen LogP contribution in [0.5, 0.6) is 0 Å². The number of carbonyl (C=O) groups excluding carboxylic acids is 1. The summed E-state index contributed by atoms with van der Waals surface area (Å²) in [5.41, 5.74) is 0. The number of hydrogen-bond donors (Lipinski definition) is 1. The highest BCUT2D eigenvalue weighted by Crippen LogP contribution is 2.25. The first-order chi connectivity index (χ1) is 8.74. The van der Waals surface area contributed by atoms with Crippen molar-refractivity contribution in [2.45, 2.75) is 56.7 Å². The molecule has 1 N–H and O–H groups in total. The van der Waals surface area contributed by atoms with Crippen LogP contribution < -0.4 is 5.32 Å². The number of piperidine rings is 2. The van der Waals surface area contributed by atoms with E-state index in [0.29, 0.717) is 18.0 Å². The van der Waals surface area contributed by atoms with Crippen molar-refractivity contribution in [1.82, 2.24) is 15.1 Å². The number of carbonyl (C=O) groups is 1. The molecule has 2 heterocycles. The third-order valence-corrected chi connectivity index (χ3v) is 4.53. The number of amides is 1. The van der Waals surface area contributed by atoms with Crippen molar-refractivity contribution in [1.29, 1.82) is 0 Å². The van der Waals surface area contributed by atoms with Gasteiger partial charge in [0.05, 0.1) is 6.04 Å². The van der Waals surface area contributed by atoms with E-state index in [4.69, 9.17) is 0 Å². The topological polar surface area (TPSA) is 35.6 Å². The minimum atomic E-state index is 0.110. The summed E-state index contributed by atoms with van der Waals surface area (Å²) >= 11 is 0. The Labute approximate surface area is 110 Å². The Balaban J connectivity index is 1.61. The lowest BCUT2D eigenvalue weighted by molar-refractivity contribution is -0.139. The van der Waals surface area contributed by atoms with Gasteiger partial charge >= 0.3 is 0 Å². The fourth-order valence-electron chi connectivity index (χ4n) is 3.34. The number of nitrogens with zero attached hydrogens (tertiary/aromatic N) is 2. The zero-order valence-corrected chi connectivity index (χ0v) is 11.4. The van der Waals surface area contributed by atoms with Gasteiger partial charge in [-0.2, -0.15) is 0 Å². The van der Waals surface area contributed by atoms with Crippen LogP contribution >= 0.6 is 0 Å². The lowest BCUT2D eigenvalue weighted by Crippen LogP contribution is -2.57. The van der Waals surface area contributed by atoms with Gasteiger partial charge in [-0.1, -0.05) is 0 Å². The van der Waals surface area contributed by atoms with Gasteiger partial charge in [-0.25, -0.2) is 0 Å². The molecule has 3 rings (SSSR count). The molecule has 2 atom stereocenters. The summed E-state index contributed by atoms with van der Waals surface area (Å²) in [5.74, 6) is 0.369. The van der Waals surface area contributed by atoms with E-state index in [1.807, 2.05) is 0 Å². The molecular formula is C14H25N3O. The van der Waals surface area contributed by atoms with E-state index >= 15 is 0 Å². The third kappa shape index (κ3) is 2.69. The van der Waals surface area contributed by atoms with Crippen LogP contribution in [0.2, 0.25) is 0 Å². The molecule has 2 saturated heterocycles. The molecule has 0 aromatic heterocycles. The number of hydrogen-bond acceptors (Lipinski definition) is 3. The average molecular weight is 251 g/mol. The summed E-state index contributed by atoms with van der Waals surface area (Å²) in [6, 6.07) is 1.20. The number of likely N-dealkylation sites (N-methyl/N-ethyl adjacent to an activating group) is 1. The van der Waals surface area contributed by atoms with Crippen LogP contribution in [0.3, 0.4) is 0 Å². The second kappa shape index (κ2) is 5.17. The molecule has 0 radical (unpaired) electrons. The summed E-state index contributed by atoms with van der Waals surface area (Å²) in [6.45, 7) is 3.21. The smallest absolute Gasteiger partial charge is 0.240 e. The van der Waals surface area contributed by atoms with Crippen molar-refractivity contribution in [2.75, 3.05) is 26.7 Å². The van der Waals surface area contributed by atoms with E-state index in [2.05, 4.69) is 22.2 Å². The first kappa shape index (κ1) is 12.4. The zero-order chi connectivity index (χ0) is 12.5. The van der Waals surface area contributed by atoms with Crippen molar-refractivity contribution in [2.24, 2.45) is 0 Å². The molecule has 0 aromatic carbocycles. The molecule has 3 fully saturated rings. The minimum Gasteiger partial charge on any atom is -0.337 e. The second-order valence-electron chi connectivity index (χ2n) is 6.23. The highest BCUT2D eigenvalue weighted by Gasteiger charge is 2.36. The predicted octanol–water partition coefficient (Wildman–Crippen LogP) is 0.824. The lowest BCUT2D eigenvalue weighted by Gasteiger charge is -2.42. The van der Waals surface area contributed by atoms with Crippen LogP contribution in [0.25, 0.3) is 0 Å². The third-order valence-electron chi connectivity index (χ3n) is 4.53. The molecule has 2 aliphatic heterocycles.